The van der Waals surface area contributed by atoms with Gasteiger partial charge >= 0.3 is 0 Å². The summed E-state index contributed by atoms with van der Waals surface area (Å²) >= 11 is 0. The van der Waals surface area contributed by atoms with Gasteiger partial charge in [0.1, 0.15) is 0 Å². The third kappa shape index (κ3) is 0.951. The summed E-state index contributed by atoms with van der Waals surface area (Å²) in [6.07, 6.45) is 2.46. The van der Waals surface area contributed by atoms with E-state index in [9.17, 15) is 4.79 Å². The molecule has 0 aromatic carbocycles. The highest BCUT2D eigenvalue weighted by Crippen LogP contribution is 2.30. The highest BCUT2D eigenvalue weighted by Gasteiger charge is 2.26. The number of carbonyl (C=O) groups excluding carboxylic acids is 1. The smallest absolute Gasteiger partial charge is 0.165 e. The minimum atomic E-state index is 0.244. The molecule has 2 nitrogen and oxygen atoms in total. The number of ketones is 1. The molecule has 1 aliphatic carbocycles. The van der Waals surface area contributed by atoms with E-state index < -0.39 is 0 Å². The first kappa shape index (κ1) is 7.47. The van der Waals surface area contributed by atoms with Gasteiger partial charge in [0.05, 0.1) is 5.69 Å². The first-order valence-corrected chi connectivity index (χ1v) is 4.18. The maximum atomic E-state index is 11.4. The van der Waals surface area contributed by atoms with Gasteiger partial charge in [-0.3, -0.25) is 9.78 Å². The van der Waals surface area contributed by atoms with Crippen LogP contribution in [-0.4, -0.2) is 10.8 Å². The van der Waals surface area contributed by atoms with Crippen molar-refractivity contribution >= 4 is 5.78 Å². The third-order valence-electron chi connectivity index (χ3n) is 2.31. The molecule has 1 heterocycles. The first-order chi connectivity index (χ1) is 5.68. The molecule has 0 bridgehead atoms. The Balaban J connectivity index is 2.60. The summed E-state index contributed by atoms with van der Waals surface area (Å²) in [7, 11) is 0. The average Bonchev–Trinajstić information content (AvgIpc) is 2.28. The lowest BCUT2D eigenvalue weighted by atomic mass is 10.1. The van der Waals surface area contributed by atoms with Crippen molar-refractivity contribution in [3.8, 4) is 0 Å². The number of aryl methyl sites for hydroxylation is 1. The summed E-state index contributed by atoms with van der Waals surface area (Å²) in [5.74, 6) is 0.557. The van der Waals surface area contributed by atoms with Crippen molar-refractivity contribution in [1.29, 1.82) is 0 Å². The van der Waals surface area contributed by atoms with Gasteiger partial charge in [0.15, 0.2) is 5.78 Å². The van der Waals surface area contributed by atoms with Crippen LogP contribution in [0.25, 0.3) is 0 Å². The van der Waals surface area contributed by atoms with Gasteiger partial charge in [0.2, 0.25) is 0 Å². The molecule has 0 aliphatic heterocycles. The largest absolute Gasteiger partial charge is 0.294 e. The fourth-order valence-corrected chi connectivity index (χ4v) is 1.68. The van der Waals surface area contributed by atoms with Crippen molar-refractivity contribution in [3.05, 3.63) is 29.1 Å². The molecule has 0 radical (unpaired) electrons. The van der Waals surface area contributed by atoms with Gasteiger partial charge in [-0.05, 0) is 18.6 Å². The molecule has 1 atom stereocenters. The summed E-state index contributed by atoms with van der Waals surface area (Å²) in [4.78, 5) is 15.7. The molecule has 0 spiro atoms. The van der Waals surface area contributed by atoms with Gasteiger partial charge in [0, 0.05) is 24.1 Å². The van der Waals surface area contributed by atoms with Crippen LogP contribution >= 0.6 is 0 Å². The van der Waals surface area contributed by atoms with E-state index in [-0.39, 0.29) is 5.78 Å². The van der Waals surface area contributed by atoms with E-state index in [1.54, 1.807) is 0 Å². The van der Waals surface area contributed by atoms with E-state index >= 15 is 0 Å². The summed E-state index contributed by atoms with van der Waals surface area (Å²) in [6, 6.07) is 1.94. The molecule has 0 saturated heterocycles. The maximum Gasteiger partial charge on any atom is 0.165 e. The van der Waals surface area contributed by atoms with E-state index in [0.717, 1.165) is 16.8 Å². The normalized spacial score (nSPS) is 21.2. The second kappa shape index (κ2) is 2.41. The molecule has 0 N–H and O–H groups in total. The first-order valence-electron chi connectivity index (χ1n) is 4.18. The Kier molecular flexibility index (Phi) is 1.50. The predicted octanol–water partition coefficient (Wildman–Crippen LogP) is 2.08. The number of rotatable bonds is 0. The second-order valence-electron chi connectivity index (χ2n) is 3.47. The Morgan fingerprint density at radius 1 is 1.58 bits per heavy atom. The Morgan fingerprint density at radius 3 is 3.08 bits per heavy atom. The zero-order valence-corrected chi connectivity index (χ0v) is 7.29. The molecule has 0 saturated carbocycles. The zero-order valence-electron chi connectivity index (χ0n) is 7.29. The third-order valence-corrected chi connectivity index (χ3v) is 2.31. The Hall–Kier alpha value is -1.18. The number of Topliss-reactive ketones (excluding diaryl/α,β-unsaturated/α-hetero) is 1. The number of hydrogen-bond donors (Lipinski definition) is 0. The van der Waals surface area contributed by atoms with Crippen molar-refractivity contribution in [1.82, 2.24) is 4.98 Å². The van der Waals surface area contributed by atoms with E-state index in [1.165, 1.54) is 0 Å². The lowest BCUT2D eigenvalue weighted by Crippen LogP contribution is -1.93. The van der Waals surface area contributed by atoms with Crippen molar-refractivity contribution in [2.75, 3.05) is 0 Å². The Labute approximate surface area is 71.6 Å². The summed E-state index contributed by atoms with van der Waals surface area (Å²) in [5.41, 5.74) is 2.88. The maximum absolute atomic E-state index is 11.4. The van der Waals surface area contributed by atoms with Crippen LogP contribution in [0.1, 0.15) is 40.9 Å². The van der Waals surface area contributed by atoms with Crippen molar-refractivity contribution in [2.45, 2.75) is 26.2 Å². The number of fused-ring (bicyclic) bond motifs is 1. The minimum Gasteiger partial charge on any atom is -0.294 e. The van der Waals surface area contributed by atoms with Crippen LogP contribution in [0.5, 0.6) is 0 Å². The standard InChI is InChI=1S/C10H11NO/c1-6-3-8-9(12)4-7(2)10(8)11-5-6/h3,5,7H,4H2,1-2H3. The molecule has 2 rings (SSSR count). The Bertz CT molecular complexity index is 344. The molecule has 62 valence electrons. The van der Waals surface area contributed by atoms with Gasteiger partial charge in [-0.15, -0.1) is 0 Å². The van der Waals surface area contributed by atoms with Crippen LogP contribution in [0, 0.1) is 6.92 Å². The highest BCUT2D eigenvalue weighted by atomic mass is 16.1. The van der Waals surface area contributed by atoms with Crippen LogP contribution < -0.4 is 0 Å². The van der Waals surface area contributed by atoms with Crippen LogP contribution in [0.2, 0.25) is 0 Å². The topological polar surface area (TPSA) is 30.0 Å². The van der Waals surface area contributed by atoms with Crippen LogP contribution in [0.3, 0.4) is 0 Å². The van der Waals surface area contributed by atoms with E-state index in [1.807, 2.05) is 26.1 Å². The minimum absolute atomic E-state index is 0.244. The van der Waals surface area contributed by atoms with Crippen LogP contribution in [0.4, 0.5) is 0 Å². The summed E-state index contributed by atoms with van der Waals surface area (Å²) < 4.78 is 0. The van der Waals surface area contributed by atoms with Crippen molar-refractivity contribution in [3.63, 3.8) is 0 Å². The lowest BCUT2D eigenvalue weighted by Gasteiger charge is -2.01. The number of aromatic nitrogens is 1. The quantitative estimate of drug-likeness (QED) is 0.583. The Morgan fingerprint density at radius 2 is 2.33 bits per heavy atom. The fourth-order valence-electron chi connectivity index (χ4n) is 1.68. The summed E-state index contributed by atoms with van der Waals surface area (Å²) in [6.45, 7) is 4.01. The second-order valence-corrected chi connectivity index (χ2v) is 3.47. The SMILES string of the molecule is Cc1cnc2c(c1)C(=O)CC2C. The fraction of sp³-hybridized carbons (Fsp3) is 0.400. The van der Waals surface area contributed by atoms with E-state index in [2.05, 4.69) is 4.98 Å². The number of pyridine rings is 1. The molecule has 1 unspecified atom stereocenters. The van der Waals surface area contributed by atoms with Gasteiger partial charge < -0.3 is 0 Å². The molecular formula is C10H11NO. The number of carbonyl (C=O) groups is 1. The van der Waals surface area contributed by atoms with E-state index in [0.29, 0.717) is 12.3 Å². The molecule has 0 amide bonds. The molecule has 2 heteroatoms. The zero-order chi connectivity index (χ0) is 8.72. The molecule has 1 aliphatic rings. The molecule has 12 heavy (non-hydrogen) atoms. The van der Waals surface area contributed by atoms with Gasteiger partial charge in [-0.25, -0.2) is 0 Å². The van der Waals surface area contributed by atoms with Crippen LogP contribution in [-0.2, 0) is 0 Å². The molecule has 1 aromatic heterocycles. The average molecular weight is 161 g/mol. The number of hydrogen-bond acceptors (Lipinski definition) is 2. The molecule has 0 fully saturated rings. The molecule has 1 aromatic rings. The molecular weight excluding hydrogens is 150 g/mol. The lowest BCUT2D eigenvalue weighted by molar-refractivity contribution is 0.0990. The highest BCUT2D eigenvalue weighted by molar-refractivity contribution is 6.00. The van der Waals surface area contributed by atoms with Crippen LogP contribution in [0.15, 0.2) is 12.3 Å². The monoisotopic (exact) mass is 161 g/mol. The van der Waals surface area contributed by atoms with E-state index in [4.69, 9.17) is 0 Å². The van der Waals surface area contributed by atoms with Crippen molar-refractivity contribution < 1.29 is 4.79 Å². The summed E-state index contributed by atoms with van der Waals surface area (Å²) in [5, 5.41) is 0. The number of nitrogens with zero attached hydrogens (tertiary/aromatic N) is 1. The van der Waals surface area contributed by atoms with Crippen molar-refractivity contribution in [2.24, 2.45) is 0 Å². The van der Waals surface area contributed by atoms with Gasteiger partial charge in [-0.2, -0.15) is 0 Å². The predicted molar refractivity (Wildman–Crippen MR) is 46.3 cm³/mol. The van der Waals surface area contributed by atoms with Gasteiger partial charge in [-0.1, -0.05) is 6.92 Å². The van der Waals surface area contributed by atoms with Gasteiger partial charge in [0.25, 0.3) is 0 Å².